The fourth-order valence-corrected chi connectivity index (χ4v) is 9.87. The summed E-state index contributed by atoms with van der Waals surface area (Å²) in [6.07, 6.45) is 0. The summed E-state index contributed by atoms with van der Waals surface area (Å²) in [5, 5.41) is 15.6. The Balaban J connectivity index is 1.11. The Kier molecular flexibility index (Phi) is 6.49. The van der Waals surface area contributed by atoms with Crippen LogP contribution in [0, 0.1) is 0 Å². The molecule has 4 heterocycles. The summed E-state index contributed by atoms with van der Waals surface area (Å²) in [4.78, 5) is 10.9. The van der Waals surface area contributed by atoms with E-state index in [-0.39, 0.29) is 0 Å². The number of hydrogen-bond donors (Lipinski definition) is 0. The van der Waals surface area contributed by atoms with Crippen LogP contribution in [-0.4, -0.2) is 9.97 Å². The normalized spacial score (nSPS) is 12.3. The second-order valence-electron chi connectivity index (χ2n) is 16.0. The fraction of sp³-hybridized carbons (Fsp3) is 0. The van der Waals surface area contributed by atoms with E-state index in [1.54, 1.807) is 0 Å². The Labute approximate surface area is 346 Å². The quantitative estimate of drug-likeness (QED) is 0.179. The van der Waals surface area contributed by atoms with Gasteiger partial charge in [0.1, 0.15) is 33.5 Å². The lowest BCUT2D eigenvalue weighted by Crippen LogP contribution is -1.97. The SMILES string of the molecule is c1ccc2c(c1)ccc1oc3c(-c4cc(-c5cc6ccccc6c6c5oc5ccc7ccccc7c56)nc(-c5ccc6c(c5)oc5ccccc56)n4)cc4ccccc4c3c12. The maximum atomic E-state index is 6.95. The molecule has 0 aliphatic heterocycles. The maximum absolute atomic E-state index is 6.95. The topological polar surface area (TPSA) is 65.2 Å². The number of rotatable bonds is 3. The van der Waals surface area contributed by atoms with Crippen LogP contribution in [0.5, 0.6) is 0 Å². The number of para-hydroxylation sites is 1. The number of fused-ring (bicyclic) bond motifs is 17. The van der Waals surface area contributed by atoms with Crippen molar-refractivity contribution in [3.63, 3.8) is 0 Å². The molecule has 0 N–H and O–H groups in total. The lowest BCUT2D eigenvalue weighted by Gasteiger charge is -2.12. The van der Waals surface area contributed by atoms with Crippen molar-refractivity contribution in [2.75, 3.05) is 0 Å². The van der Waals surface area contributed by atoms with Crippen molar-refractivity contribution >= 4 is 109 Å². The largest absolute Gasteiger partial charge is 0.456 e. The first-order chi connectivity index (χ1) is 30.2. The van der Waals surface area contributed by atoms with Crippen molar-refractivity contribution < 1.29 is 13.3 Å². The standard InChI is InChI=1S/C56H30N2O3/c1-5-15-36-31(11-1)22-25-47-50(36)52-38-17-7-3-13-33(38)27-42(54(52)60-47)44-30-45(58-56(57-44)35-21-24-41-40-19-9-10-20-46(40)59-49(41)29-35)43-28-34-14-4-8-18-39(34)53-51-37-16-6-2-12-32(37)23-26-48(51)61-55(43)53/h1-30H. The highest BCUT2D eigenvalue weighted by Gasteiger charge is 2.24. The van der Waals surface area contributed by atoms with E-state index in [0.29, 0.717) is 5.82 Å². The fourth-order valence-electron chi connectivity index (χ4n) is 9.87. The van der Waals surface area contributed by atoms with Gasteiger partial charge in [-0.2, -0.15) is 0 Å². The Hall–Kier alpha value is -8.28. The molecule has 0 radical (unpaired) electrons. The first-order valence-corrected chi connectivity index (χ1v) is 20.5. The van der Waals surface area contributed by atoms with Crippen LogP contribution < -0.4 is 0 Å². The van der Waals surface area contributed by atoms with Gasteiger partial charge >= 0.3 is 0 Å². The molecule has 61 heavy (non-hydrogen) atoms. The van der Waals surface area contributed by atoms with Gasteiger partial charge < -0.3 is 13.3 Å². The molecule has 14 rings (SSSR count). The first-order valence-electron chi connectivity index (χ1n) is 20.5. The minimum Gasteiger partial charge on any atom is -0.456 e. The smallest absolute Gasteiger partial charge is 0.160 e. The van der Waals surface area contributed by atoms with Gasteiger partial charge in [-0.15, -0.1) is 0 Å². The average Bonchev–Trinajstić information content (AvgIpc) is 4.03. The summed E-state index contributed by atoms with van der Waals surface area (Å²) in [5.74, 6) is 0.570. The zero-order valence-corrected chi connectivity index (χ0v) is 32.4. The average molecular weight is 779 g/mol. The van der Waals surface area contributed by atoms with Gasteiger partial charge in [-0.3, -0.25) is 0 Å². The maximum Gasteiger partial charge on any atom is 0.160 e. The molecule has 4 aromatic heterocycles. The van der Waals surface area contributed by atoms with E-state index in [1.165, 1.54) is 10.8 Å². The highest BCUT2D eigenvalue weighted by molar-refractivity contribution is 6.30. The number of hydrogen-bond acceptors (Lipinski definition) is 5. The zero-order chi connectivity index (χ0) is 39.8. The van der Waals surface area contributed by atoms with Gasteiger partial charge in [-0.25, -0.2) is 9.97 Å². The van der Waals surface area contributed by atoms with E-state index in [9.17, 15) is 0 Å². The van der Waals surface area contributed by atoms with Crippen molar-refractivity contribution in [2.24, 2.45) is 0 Å². The molecule has 0 fully saturated rings. The van der Waals surface area contributed by atoms with Gasteiger partial charge in [0, 0.05) is 49.0 Å². The molecule has 0 aliphatic carbocycles. The van der Waals surface area contributed by atoms with E-state index < -0.39 is 0 Å². The minimum atomic E-state index is 0.570. The third-order valence-electron chi connectivity index (χ3n) is 12.6. The molecule has 14 aromatic rings. The minimum absolute atomic E-state index is 0.570. The van der Waals surface area contributed by atoms with Crippen LogP contribution in [0.4, 0.5) is 0 Å². The molecule has 0 unspecified atom stereocenters. The van der Waals surface area contributed by atoms with E-state index in [2.05, 4.69) is 164 Å². The lowest BCUT2D eigenvalue weighted by atomic mass is 9.94. The van der Waals surface area contributed by atoms with Crippen LogP contribution in [0.25, 0.3) is 143 Å². The molecule has 282 valence electrons. The third-order valence-corrected chi connectivity index (χ3v) is 12.6. The Morgan fingerprint density at radius 2 is 0.754 bits per heavy atom. The molecule has 10 aromatic carbocycles. The molecular weight excluding hydrogens is 749 g/mol. The van der Waals surface area contributed by atoms with Gasteiger partial charge in [-0.1, -0.05) is 133 Å². The highest BCUT2D eigenvalue weighted by atomic mass is 16.3. The van der Waals surface area contributed by atoms with Gasteiger partial charge in [0.2, 0.25) is 0 Å². The van der Waals surface area contributed by atoms with Gasteiger partial charge in [0.05, 0.1) is 11.4 Å². The van der Waals surface area contributed by atoms with E-state index in [0.717, 1.165) is 126 Å². The summed E-state index contributed by atoms with van der Waals surface area (Å²) >= 11 is 0. The monoisotopic (exact) mass is 778 g/mol. The lowest BCUT2D eigenvalue weighted by molar-refractivity contribution is 0.668. The second kappa shape index (κ2) is 12.1. The first kappa shape index (κ1) is 32.7. The van der Waals surface area contributed by atoms with Crippen LogP contribution in [0.2, 0.25) is 0 Å². The summed E-state index contributed by atoms with van der Waals surface area (Å²) in [5.41, 5.74) is 8.96. The molecular formula is C56H30N2O3. The van der Waals surface area contributed by atoms with E-state index in [4.69, 9.17) is 23.2 Å². The third kappa shape index (κ3) is 4.66. The molecule has 0 saturated heterocycles. The summed E-state index contributed by atoms with van der Waals surface area (Å²) in [6.45, 7) is 0. The molecule has 5 heteroatoms. The van der Waals surface area contributed by atoms with Crippen molar-refractivity contribution in [2.45, 2.75) is 0 Å². The van der Waals surface area contributed by atoms with Crippen molar-refractivity contribution in [3.8, 4) is 33.9 Å². The summed E-state index contributed by atoms with van der Waals surface area (Å²) in [6, 6.07) is 63.6. The van der Waals surface area contributed by atoms with Crippen LogP contribution in [0.15, 0.2) is 195 Å². The predicted octanol–water partition coefficient (Wildman–Crippen LogP) is 15.8. The molecule has 5 nitrogen and oxygen atoms in total. The van der Waals surface area contributed by atoms with E-state index >= 15 is 0 Å². The molecule has 0 aliphatic rings. The Morgan fingerprint density at radius 3 is 1.31 bits per heavy atom. The van der Waals surface area contributed by atoms with Gasteiger partial charge in [0.25, 0.3) is 0 Å². The van der Waals surface area contributed by atoms with Crippen LogP contribution in [-0.2, 0) is 0 Å². The number of aromatic nitrogens is 2. The number of benzene rings is 10. The number of furan rings is 3. The summed E-state index contributed by atoms with van der Waals surface area (Å²) < 4.78 is 20.3. The van der Waals surface area contributed by atoms with Crippen molar-refractivity contribution in [1.82, 2.24) is 9.97 Å². The Bertz CT molecular complexity index is 3980. The van der Waals surface area contributed by atoms with Gasteiger partial charge in [0.15, 0.2) is 5.82 Å². The van der Waals surface area contributed by atoms with Gasteiger partial charge in [-0.05, 0) is 91.6 Å². The highest BCUT2D eigenvalue weighted by Crippen LogP contribution is 2.46. The molecule has 0 spiro atoms. The van der Waals surface area contributed by atoms with Crippen LogP contribution in [0.1, 0.15) is 0 Å². The van der Waals surface area contributed by atoms with Crippen molar-refractivity contribution in [3.05, 3.63) is 182 Å². The number of nitrogens with zero attached hydrogens (tertiary/aromatic N) is 2. The predicted molar refractivity (Wildman–Crippen MR) is 250 cm³/mol. The molecule has 0 bridgehead atoms. The second-order valence-corrected chi connectivity index (χ2v) is 16.0. The van der Waals surface area contributed by atoms with E-state index in [1.807, 2.05) is 18.2 Å². The van der Waals surface area contributed by atoms with Crippen molar-refractivity contribution in [1.29, 1.82) is 0 Å². The van der Waals surface area contributed by atoms with Crippen LogP contribution >= 0.6 is 0 Å². The Morgan fingerprint density at radius 1 is 0.295 bits per heavy atom. The zero-order valence-electron chi connectivity index (χ0n) is 32.4. The molecule has 0 atom stereocenters. The molecule has 0 saturated carbocycles. The van der Waals surface area contributed by atoms with Crippen LogP contribution in [0.3, 0.4) is 0 Å². The summed E-state index contributed by atoms with van der Waals surface area (Å²) in [7, 11) is 0. The molecule has 0 amide bonds.